The van der Waals surface area contributed by atoms with Crippen LogP contribution in [0.3, 0.4) is 0 Å². The summed E-state index contributed by atoms with van der Waals surface area (Å²) in [6.07, 6.45) is 0.579. The molecule has 0 amide bonds. The Morgan fingerprint density at radius 3 is 2.37 bits per heavy atom. The first-order valence-electron chi connectivity index (χ1n) is 6.02. The highest BCUT2D eigenvalue weighted by molar-refractivity contribution is 7.87. The first kappa shape index (κ1) is 17.8. The second kappa shape index (κ2) is 7.43. The first-order valence-corrected chi connectivity index (χ1v) is 7.46. The van der Waals surface area contributed by atoms with E-state index in [9.17, 15) is 13.2 Å². The molecule has 2 N–H and O–H groups in total. The van der Waals surface area contributed by atoms with Crippen molar-refractivity contribution in [3.8, 4) is 6.07 Å². The molecular formula is C11H21N3O4S. The molecule has 0 rings (SSSR count). The quantitative estimate of drug-likeness (QED) is 0.678. The summed E-state index contributed by atoms with van der Waals surface area (Å²) < 4.78 is 27.2. The van der Waals surface area contributed by atoms with Crippen LogP contribution in [0.15, 0.2) is 0 Å². The molecule has 0 spiro atoms. The Morgan fingerprint density at radius 2 is 2.00 bits per heavy atom. The maximum Gasteiger partial charge on any atom is 0.322 e. The lowest BCUT2D eigenvalue weighted by atomic mass is 10.0. The van der Waals surface area contributed by atoms with Gasteiger partial charge in [-0.25, -0.2) is 0 Å². The van der Waals surface area contributed by atoms with E-state index < -0.39 is 28.3 Å². The third-order valence-electron chi connectivity index (χ3n) is 3.14. The average Bonchev–Trinajstić information content (AvgIpc) is 2.34. The van der Waals surface area contributed by atoms with E-state index >= 15 is 0 Å². The molecule has 0 saturated heterocycles. The predicted octanol–water partition coefficient (Wildman–Crippen LogP) is 0.554. The van der Waals surface area contributed by atoms with Gasteiger partial charge in [0.1, 0.15) is 6.04 Å². The van der Waals surface area contributed by atoms with Crippen LogP contribution in [0.2, 0.25) is 0 Å². The van der Waals surface area contributed by atoms with Crippen molar-refractivity contribution >= 4 is 16.2 Å². The number of rotatable bonds is 8. The number of carbonyl (C=O) groups is 1. The van der Waals surface area contributed by atoms with Crippen molar-refractivity contribution in [2.75, 3.05) is 7.05 Å². The Labute approximate surface area is 114 Å². The first-order chi connectivity index (χ1) is 8.67. The summed E-state index contributed by atoms with van der Waals surface area (Å²) in [5.74, 6) is -1.54. The number of carboxylic acid groups (broad SMARTS) is 1. The van der Waals surface area contributed by atoms with Gasteiger partial charge in [-0.3, -0.25) is 4.79 Å². The number of nitrogens with one attached hydrogen (secondary N) is 1. The molecule has 0 bridgehead atoms. The topological polar surface area (TPSA) is 111 Å². The van der Waals surface area contributed by atoms with Crippen molar-refractivity contribution in [2.24, 2.45) is 5.92 Å². The molecule has 8 heteroatoms. The van der Waals surface area contributed by atoms with Crippen molar-refractivity contribution in [1.82, 2.24) is 9.03 Å². The Balaban J connectivity index is 5.02. The molecule has 0 saturated carbocycles. The van der Waals surface area contributed by atoms with E-state index in [2.05, 4.69) is 4.72 Å². The van der Waals surface area contributed by atoms with Gasteiger partial charge in [-0.2, -0.15) is 22.7 Å². The van der Waals surface area contributed by atoms with E-state index in [0.29, 0.717) is 6.42 Å². The van der Waals surface area contributed by atoms with Gasteiger partial charge in [0.25, 0.3) is 10.2 Å². The van der Waals surface area contributed by atoms with Crippen LogP contribution in [0.5, 0.6) is 0 Å². The van der Waals surface area contributed by atoms with Gasteiger partial charge in [-0.1, -0.05) is 20.3 Å². The van der Waals surface area contributed by atoms with Crippen LogP contribution < -0.4 is 4.72 Å². The molecule has 0 aromatic rings. The summed E-state index contributed by atoms with van der Waals surface area (Å²) in [4.78, 5) is 11.1. The van der Waals surface area contributed by atoms with Gasteiger partial charge in [-0.15, -0.1) is 0 Å². The molecule has 7 nitrogen and oxygen atoms in total. The summed E-state index contributed by atoms with van der Waals surface area (Å²) in [6.45, 7) is 5.04. The second-order valence-electron chi connectivity index (χ2n) is 4.55. The molecule has 1 unspecified atom stereocenters. The lowest BCUT2D eigenvalue weighted by Gasteiger charge is -2.26. The Kier molecular flexibility index (Phi) is 6.97. The van der Waals surface area contributed by atoms with E-state index in [4.69, 9.17) is 10.4 Å². The van der Waals surface area contributed by atoms with Crippen molar-refractivity contribution in [3.05, 3.63) is 0 Å². The summed E-state index contributed by atoms with van der Waals surface area (Å²) in [7, 11) is -2.61. The molecule has 19 heavy (non-hydrogen) atoms. The Morgan fingerprint density at radius 1 is 1.47 bits per heavy atom. The summed E-state index contributed by atoms with van der Waals surface area (Å²) in [5.41, 5.74) is 0. The number of hydrogen-bond donors (Lipinski definition) is 2. The third-order valence-corrected chi connectivity index (χ3v) is 4.81. The van der Waals surface area contributed by atoms with Gasteiger partial charge in [0.15, 0.2) is 0 Å². The lowest BCUT2D eigenvalue weighted by molar-refractivity contribution is -0.140. The minimum absolute atomic E-state index is 0.0402. The molecule has 3 atom stereocenters. The van der Waals surface area contributed by atoms with Gasteiger partial charge >= 0.3 is 5.97 Å². The Hall–Kier alpha value is -1.17. The van der Waals surface area contributed by atoms with Gasteiger partial charge < -0.3 is 5.11 Å². The molecule has 0 aromatic carbocycles. The fraction of sp³-hybridized carbons (Fsp3) is 0.818. The van der Waals surface area contributed by atoms with Crippen LogP contribution in [-0.2, 0) is 15.0 Å². The maximum atomic E-state index is 12.0. The minimum atomic E-state index is -3.93. The zero-order chi connectivity index (χ0) is 15.2. The third kappa shape index (κ3) is 5.14. The normalized spacial score (nSPS) is 16.6. The zero-order valence-electron chi connectivity index (χ0n) is 11.6. The number of nitriles is 1. The smallest absolute Gasteiger partial charge is 0.322 e. The summed E-state index contributed by atoms with van der Waals surface area (Å²) >= 11 is 0. The van der Waals surface area contributed by atoms with Crippen molar-refractivity contribution in [2.45, 2.75) is 45.7 Å². The van der Waals surface area contributed by atoms with E-state index in [-0.39, 0.29) is 12.3 Å². The van der Waals surface area contributed by atoms with Crippen molar-refractivity contribution in [1.29, 1.82) is 5.26 Å². The zero-order valence-corrected chi connectivity index (χ0v) is 12.4. The predicted molar refractivity (Wildman–Crippen MR) is 70.4 cm³/mol. The van der Waals surface area contributed by atoms with E-state index in [1.165, 1.54) is 7.05 Å². The molecule has 0 aliphatic heterocycles. The molecule has 0 aromatic heterocycles. The van der Waals surface area contributed by atoms with E-state index in [1.54, 1.807) is 20.8 Å². The number of hydrogen-bond acceptors (Lipinski definition) is 4. The summed E-state index contributed by atoms with van der Waals surface area (Å²) in [5, 5.41) is 17.6. The standard InChI is InChI=1S/C11H21N3O4S/c1-5-8(2)10(11(15)16)13-19(17,18)14(4)9(3)6-7-12/h8-10,13H,5-6H2,1-4H3,(H,15,16)/t8-,9?,10-/m0/s1. The Bertz CT molecular complexity index is 443. The number of carboxylic acids is 1. The number of nitrogens with zero attached hydrogens (tertiary/aromatic N) is 2. The second-order valence-corrected chi connectivity index (χ2v) is 6.31. The van der Waals surface area contributed by atoms with E-state index in [0.717, 1.165) is 4.31 Å². The van der Waals surface area contributed by atoms with Gasteiger partial charge in [0.05, 0.1) is 12.5 Å². The maximum absolute atomic E-state index is 12.0. The largest absolute Gasteiger partial charge is 0.480 e. The van der Waals surface area contributed by atoms with Crippen LogP contribution in [0, 0.1) is 17.2 Å². The van der Waals surface area contributed by atoms with Crippen LogP contribution in [0.1, 0.15) is 33.6 Å². The molecule has 0 aliphatic rings. The van der Waals surface area contributed by atoms with E-state index in [1.807, 2.05) is 6.07 Å². The average molecular weight is 291 g/mol. The van der Waals surface area contributed by atoms with Crippen molar-refractivity contribution in [3.63, 3.8) is 0 Å². The summed E-state index contributed by atoms with van der Waals surface area (Å²) in [6, 6.07) is 0.186. The molecule has 0 heterocycles. The highest BCUT2D eigenvalue weighted by Gasteiger charge is 2.32. The highest BCUT2D eigenvalue weighted by Crippen LogP contribution is 2.12. The van der Waals surface area contributed by atoms with Crippen LogP contribution in [0.25, 0.3) is 0 Å². The fourth-order valence-electron chi connectivity index (χ4n) is 1.39. The van der Waals surface area contributed by atoms with Gasteiger partial charge in [-0.05, 0) is 12.8 Å². The molecular weight excluding hydrogens is 270 g/mol. The number of aliphatic carboxylic acids is 1. The van der Waals surface area contributed by atoms with Crippen LogP contribution >= 0.6 is 0 Å². The van der Waals surface area contributed by atoms with Gasteiger partial charge in [0.2, 0.25) is 0 Å². The minimum Gasteiger partial charge on any atom is -0.480 e. The highest BCUT2D eigenvalue weighted by atomic mass is 32.2. The van der Waals surface area contributed by atoms with Crippen LogP contribution in [0.4, 0.5) is 0 Å². The lowest BCUT2D eigenvalue weighted by Crippen LogP contribution is -2.51. The SMILES string of the molecule is CC[C@H](C)[C@H](NS(=O)(=O)N(C)C(C)CC#N)C(=O)O. The molecule has 0 radical (unpaired) electrons. The molecule has 110 valence electrons. The van der Waals surface area contributed by atoms with Crippen LogP contribution in [-0.4, -0.2) is 42.9 Å². The van der Waals surface area contributed by atoms with Crippen molar-refractivity contribution < 1.29 is 18.3 Å². The monoisotopic (exact) mass is 291 g/mol. The fourth-order valence-corrected chi connectivity index (χ4v) is 2.76. The molecule has 0 fully saturated rings. The van der Waals surface area contributed by atoms with Gasteiger partial charge in [0, 0.05) is 13.1 Å². The molecule has 0 aliphatic carbocycles.